The molecule has 1 saturated heterocycles. The second kappa shape index (κ2) is 9.67. The molecule has 1 amide bonds. The van der Waals surface area contributed by atoms with Gasteiger partial charge in [-0.05, 0) is 56.1 Å². The SMILES string of the molecule is COC(=O)c1ccc(F)c(NC(=O)c2c(C)cc(C3CCCNC3)oc2=O)c1.Cl. The number of methoxy groups -OCH3 is 1. The van der Waals surface area contributed by atoms with Gasteiger partial charge in [0.15, 0.2) is 0 Å². The lowest BCUT2D eigenvalue weighted by Gasteiger charge is -2.22. The number of anilines is 1. The van der Waals surface area contributed by atoms with E-state index in [9.17, 15) is 18.8 Å². The van der Waals surface area contributed by atoms with Crippen LogP contribution < -0.4 is 16.3 Å². The van der Waals surface area contributed by atoms with Crippen LogP contribution in [0.1, 0.15) is 50.8 Å². The van der Waals surface area contributed by atoms with Crippen LogP contribution in [0.5, 0.6) is 0 Å². The van der Waals surface area contributed by atoms with Crippen molar-refractivity contribution in [1.29, 1.82) is 0 Å². The number of carbonyl (C=O) groups is 2. The predicted molar refractivity (Wildman–Crippen MR) is 108 cm³/mol. The molecule has 29 heavy (non-hydrogen) atoms. The summed E-state index contributed by atoms with van der Waals surface area (Å²) in [7, 11) is 1.20. The number of nitrogens with one attached hydrogen (secondary N) is 2. The third-order valence-corrected chi connectivity index (χ3v) is 4.73. The summed E-state index contributed by atoms with van der Waals surface area (Å²) in [6, 6.07) is 5.10. The number of aryl methyl sites for hydroxylation is 1. The van der Waals surface area contributed by atoms with Crippen molar-refractivity contribution in [2.24, 2.45) is 0 Å². The van der Waals surface area contributed by atoms with E-state index < -0.39 is 23.3 Å². The molecular formula is C20H22ClFN2O5. The maximum absolute atomic E-state index is 14.0. The number of carbonyl (C=O) groups excluding carboxylic acids is 2. The molecule has 0 saturated carbocycles. The summed E-state index contributed by atoms with van der Waals surface area (Å²) in [5, 5.41) is 5.58. The van der Waals surface area contributed by atoms with Gasteiger partial charge in [-0.1, -0.05) is 0 Å². The van der Waals surface area contributed by atoms with Gasteiger partial charge < -0.3 is 19.8 Å². The van der Waals surface area contributed by atoms with Crippen molar-refractivity contribution in [3.63, 3.8) is 0 Å². The number of hydrogen-bond donors (Lipinski definition) is 2. The molecule has 2 N–H and O–H groups in total. The van der Waals surface area contributed by atoms with Gasteiger partial charge in [-0.25, -0.2) is 14.0 Å². The molecule has 1 atom stereocenters. The smallest absolute Gasteiger partial charge is 0.349 e. The molecule has 0 bridgehead atoms. The van der Waals surface area contributed by atoms with E-state index in [1.54, 1.807) is 13.0 Å². The highest BCUT2D eigenvalue weighted by Gasteiger charge is 2.23. The summed E-state index contributed by atoms with van der Waals surface area (Å²) in [6.07, 6.45) is 1.87. The summed E-state index contributed by atoms with van der Waals surface area (Å²) in [5.74, 6) is -1.61. The zero-order valence-corrected chi connectivity index (χ0v) is 16.9. The summed E-state index contributed by atoms with van der Waals surface area (Å²) in [6.45, 7) is 3.27. The Morgan fingerprint density at radius 1 is 1.31 bits per heavy atom. The standard InChI is InChI=1S/C20H21FN2O5.ClH/c1-11-8-16(13-4-3-7-22-10-13)28-20(26)17(11)18(24)23-15-9-12(19(25)27-2)5-6-14(15)21;/h5-6,8-9,13,22H,3-4,7,10H2,1-2H3,(H,23,24);1H. The van der Waals surface area contributed by atoms with Crippen LogP contribution in [0.2, 0.25) is 0 Å². The fraction of sp³-hybridized carbons (Fsp3) is 0.350. The highest BCUT2D eigenvalue weighted by molar-refractivity contribution is 6.05. The summed E-state index contributed by atoms with van der Waals surface area (Å²) in [5.41, 5.74) is -0.688. The number of ether oxygens (including phenoxy) is 1. The lowest BCUT2D eigenvalue weighted by molar-refractivity contribution is 0.0600. The average Bonchev–Trinajstić information content (AvgIpc) is 2.69. The first-order valence-corrected chi connectivity index (χ1v) is 8.95. The van der Waals surface area contributed by atoms with Gasteiger partial charge in [0.2, 0.25) is 0 Å². The van der Waals surface area contributed by atoms with Crippen LogP contribution in [0, 0.1) is 12.7 Å². The molecule has 1 fully saturated rings. The van der Waals surface area contributed by atoms with Crippen molar-refractivity contribution < 1.29 is 23.1 Å². The Hall–Kier alpha value is -2.71. The Labute approximate surface area is 173 Å². The number of halogens is 2. The molecule has 1 aliphatic heterocycles. The molecule has 2 heterocycles. The minimum atomic E-state index is -0.805. The lowest BCUT2D eigenvalue weighted by Crippen LogP contribution is -2.30. The normalized spacial score (nSPS) is 15.9. The van der Waals surface area contributed by atoms with Crippen LogP contribution >= 0.6 is 12.4 Å². The molecule has 1 aromatic heterocycles. The van der Waals surface area contributed by atoms with Crippen molar-refractivity contribution in [3.8, 4) is 0 Å². The second-order valence-corrected chi connectivity index (χ2v) is 6.68. The van der Waals surface area contributed by atoms with E-state index in [2.05, 4.69) is 15.4 Å². The molecular weight excluding hydrogens is 403 g/mol. The molecule has 0 spiro atoms. The minimum absolute atomic E-state index is 0. The number of piperidine rings is 1. The van der Waals surface area contributed by atoms with Crippen molar-refractivity contribution >= 4 is 30.0 Å². The molecule has 1 aromatic carbocycles. The highest BCUT2D eigenvalue weighted by atomic mass is 35.5. The first-order valence-electron chi connectivity index (χ1n) is 8.95. The van der Waals surface area contributed by atoms with Crippen molar-refractivity contribution in [2.75, 3.05) is 25.5 Å². The monoisotopic (exact) mass is 424 g/mol. The molecule has 156 valence electrons. The van der Waals surface area contributed by atoms with E-state index in [1.807, 2.05) is 0 Å². The Morgan fingerprint density at radius 3 is 2.69 bits per heavy atom. The van der Waals surface area contributed by atoms with Gasteiger partial charge in [0.1, 0.15) is 17.1 Å². The van der Waals surface area contributed by atoms with Crippen LogP contribution in [0.4, 0.5) is 10.1 Å². The molecule has 1 aliphatic rings. The van der Waals surface area contributed by atoms with Gasteiger partial charge in [-0.15, -0.1) is 12.4 Å². The fourth-order valence-corrected chi connectivity index (χ4v) is 3.25. The molecule has 3 rings (SSSR count). The van der Waals surface area contributed by atoms with Crippen molar-refractivity contribution in [3.05, 3.63) is 63.0 Å². The van der Waals surface area contributed by atoms with Gasteiger partial charge >= 0.3 is 11.6 Å². The average molecular weight is 425 g/mol. The van der Waals surface area contributed by atoms with Gasteiger partial charge in [0.05, 0.1) is 18.4 Å². The van der Waals surface area contributed by atoms with Gasteiger partial charge in [0, 0.05) is 12.5 Å². The summed E-state index contributed by atoms with van der Waals surface area (Å²) in [4.78, 5) is 36.6. The lowest BCUT2D eigenvalue weighted by atomic mass is 9.95. The molecule has 0 radical (unpaired) electrons. The van der Waals surface area contributed by atoms with Crippen LogP contribution in [-0.4, -0.2) is 32.1 Å². The Bertz CT molecular complexity index is 970. The minimum Gasteiger partial charge on any atom is -0.465 e. The van der Waals surface area contributed by atoms with Gasteiger partial charge in [0.25, 0.3) is 5.91 Å². The van der Waals surface area contributed by atoms with E-state index >= 15 is 0 Å². The zero-order chi connectivity index (χ0) is 20.3. The van der Waals surface area contributed by atoms with E-state index in [1.165, 1.54) is 13.2 Å². The van der Waals surface area contributed by atoms with Crippen molar-refractivity contribution in [2.45, 2.75) is 25.7 Å². The molecule has 9 heteroatoms. The number of benzene rings is 1. The molecule has 2 aromatic rings. The third kappa shape index (κ3) is 5.02. The van der Waals surface area contributed by atoms with Crippen LogP contribution in [0.3, 0.4) is 0 Å². The van der Waals surface area contributed by atoms with Crippen LogP contribution in [0.15, 0.2) is 33.5 Å². The van der Waals surface area contributed by atoms with E-state index in [4.69, 9.17) is 4.42 Å². The first-order chi connectivity index (χ1) is 13.4. The van der Waals surface area contributed by atoms with Gasteiger partial charge in [-0.2, -0.15) is 0 Å². The zero-order valence-electron chi connectivity index (χ0n) is 16.0. The van der Waals surface area contributed by atoms with Crippen molar-refractivity contribution in [1.82, 2.24) is 5.32 Å². The van der Waals surface area contributed by atoms with E-state index in [0.29, 0.717) is 17.9 Å². The number of hydrogen-bond acceptors (Lipinski definition) is 6. The van der Waals surface area contributed by atoms with Gasteiger partial charge in [-0.3, -0.25) is 4.79 Å². The predicted octanol–water partition coefficient (Wildman–Crippen LogP) is 3.02. The maximum atomic E-state index is 14.0. The summed E-state index contributed by atoms with van der Waals surface area (Å²) >= 11 is 0. The number of amides is 1. The van der Waals surface area contributed by atoms with Crippen LogP contribution in [-0.2, 0) is 4.74 Å². The first kappa shape index (κ1) is 22.6. The Balaban J connectivity index is 0.00000300. The topological polar surface area (TPSA) is 97.6 Å². The van der Waals surface area contributed by atoms with Crippen LogP contribution in [0.25, 0.3) is 0 Å². The second-order valence-electron chi connectivity index (χ2n) is 6.68. The Morgan fingerprint density at radius 2 is 2.07 bits per heavy atom. The molecule has 0 aliphatic carbocycles. The number of rotatable bonds is 4. The largest absolute Gasteiger partial charge is 0.465 e. The van der Waals surface area contributed by atoms with E-state index in [0.717, 1.165) is 31.5 Å². The fourth-order valence-electron chi connectivity index (χ4n) is 3.25. The van der Waals surface area contributed by atoms with E-state index in [-0.39, 0.29) is 35.1 Å². The molecule has 7 nitrogen and oxygen atoms in total. The third-order valence-electron chi connectivity index (χ3n) is 4.73. The molecule has 1 unspecified atom stereocenters. The highest BCUT2D eigenvalue weighted by Crippen LogP contribution is 2.24. The maximum Gasteiger partial charge on any atom is 0.349 e. The quantitative estimate of drug-likeness (QED) is 0.732. The Kier molecular flexibility index (Phi) is 7.53. The summed E-state index contributed by atoms with van der Waals surface area (Å²) < 4.78 is 24.0. The number of esters is 1.